The van der Waals surface area contributed by atoms with Gasteiger partial charge in [0.2, 0.25) is 0 Å². The minimum atomic E-state index is 0.648. The number of rotatable bonds is 4. The summed E-state index contributed by atoms with van der Waals surface area (Å²) >= 11 is 1.87. The third-order valence-corrected chi connectivity index (χ3v) is 5.92. The molecule has 0 aromatic carbocycles. The Morgan fingerprint density at radius 1 is 1.35 bits per heavy atom. The van der Waals surface area contributed by atoms with Crippen molar-refractivity contribution in [2.45, 2.75) is 59.2 Å². The molecule has 4 heteroatoms. The van der Waals surface area contributed by atoms with Crippen LogP contribution in [0.2, 0.25) is 0 Å². The van der Waals surface area contributed by atoms with Gasteiger partial charge in [0.05, 0.1) is 12.2 Å². The van der Waals surface area contributed by atoms with Crippen molar-refractivity contribution in [3.63, 3.8) is 0 Å². The molecule has 1 aromatic rings. The molecule has 1 N–H and O–H groups in total. The minimum absolute atomic E-state index is 0.648. The SMILES string of the molecule is Cc1nc(CN2CC(C3CC3)NCC2C(C)C)sc1C. The second kappa shape index (κ2) is 5.74. The number of aromatic nitrogens is 1. The van der Waals surface area contributed by atoms with Crippen LogP contribution in [0, 0.1) is 25.7 Å². The molecule has 0 amide bonds. The monoisotopic (exact) mass is 293 g/mol. The molecule has 2 heterocycles. The summed E-state index contributed by atoms with van der Waals surface area (Å²) in [5, 5.41) is 5.08. The largest absolute Gasteiger partial charge is 0.311 e. The first-order chi connectivity index (χ1) is 9.54. The molecule has 1 aromatic heterocycles. The van der Waals surface area contributed by atoms with Crippen LogP contribution >= 0.6 is 11.3 Å². The molecule has 3 rings (SSSR count). The van der Waals surface area contributed by atoms with Crippen molar-refractivity contribution in [2.24, 2.45) is 11.8 Å². The van der Waals surface area contributed by atoms with E-state index in [1.807, 2.05) is 11.3 Å². The van der Waals surface area contributed by atoms with Crippen molar-refractivity contribution in [1.29, 1.82) is 0 Å². The fourth-order valence-corrected chi connectivity index (χ4v) is 4.25. The Balaban J connectivity index is 1.71. The van der Waals surface area contributed by atoms with Gasteiger partial charge in [-0.2, -0.15) is 0 Å². The van der Waals surface area contributed by atoms with Crippen molar-refractivity contribution < 1.29 is 0 Å². The molecule has 112 valence electrons. The van der Waals surface area contributed by atoms with E-state index in [0.717, 1.165) is 19.0 Å². The van der Waals surface area contributed by atoms with Crippen LogP contribution in [0.4, 0.5) is 0 Å². The maximum atomic E-state index is 4.74. The van der Waals surface area contributed by atoms with Gasteiger partial charge in [-0.3, -0.25) is 4.90 Å². The van der Waals surface area contributed by atoms with Crippen molar-refractivity contribution in [3.05, 3.63) is 15.6 Å². The Labute approximate surface area is 126 Å². The van der Waals surface area contributed by atoms with Gasteiger partial charge in [0.15, 0.2) is 0 Å². The Bertz CT molecular complexity index is 445. The lowest BCUT2D eigenvalue weighted by atomic mass is 9.97. The van der Waals surface area contributed by atoms with Crippen molar-refractivity contribution in [3.8, 4) is 0 Å². The highest BCUT2D eigenvalue weighted by Crippen LogP contribution is 2.35. The van der Waals surface area contributed by atoms with Gasteiger partial charge >= 0.3 is 0 Å². The van der Waals surface area contributed by atoms with E-state index in [2.05, 4.69) is 37.9 Å². The molecule has 0 bridgehead atoms. The molecule has 2 atom stereocenters. The van der Waals surface area contributed by atoms with Gasteiger partial charge < -0.3 is 5.32 Å². The van der Waals surface area contributed by atoms with Crippen LogP contribution < -0.4 is 5.32 Å². The number of aryl methyl sites for hydroxylation is 2. The highest BCUT2D eigenvalue weighted by molar-refractivity contribution is 7.11. The second-order valence-electron chi connectivity index (χ2n) is 6.84. The topological polar surface area (TPSA) is 28.2 Å². The summed E-state index contributed by atoms with van der Waals surface area (Å²) < 4.78 is 0. The second-order valence-corrected chi connectivity index (χ2v) is 8.13. The Morgan fingerprint density at radius 3 is 2.65 bits per heavy atom. The summed E-state index contributed by atoms with van der Waals surface area (Å²) in [6.07, 6.45) is 2.85. The average Bonchev–Trinajstić information content (AvgIpc) is 3.17. The minimum Gasteiger partial charge on any atom is -0.311 e. The highest BCUT2D eigenvalue weighted by atomic mass is 32.1. The normalized spacial score (nSPS) is 28.2. The fourth-order valence-electron chi connectivity index (χ4n) is 3.29. The Hall–Kier alpha value is -0.450. The van der Waals surface area contributed by atoms with Crippen LogP contribution in [0.3, 0.4) is 0 Å². The summed E-state index contributed by atoms with van der Waals surface area (Å²) in [4.78, 5) is 8.79. The molecular formula is C16H27N3S. The van der Waals surface area contributed by atoms with E-state index in [4.69, 9.17) is 4.98 Å². The van der Waals surface area contributed by atoms with E-state index >= 15 is 0 Å². The maximum Gasteiger partial charge on any atom is 0.107 e. The number of thiazole rings is 1. The molecule has 1 saturated heterocycles. The molecule has 0 radical (unpaired) electrons. The predicted molar refractivity (Wildman–Crippen MR) is 85.1 cm³/mol. The summed E-state index contributed by atoms with van der Waals surface area (Å²) in [7, 11) is 0. The Kier molecular flexibility index (Phi) is 4.16. The van der Waals surface area contributed by atoms with Gasteiger partial charge in [-0.1, -0.05) is 13.8 Å². The van der Waals surface area contributed by atoms with E-state index in [1.165, 1.54) is 35.0 Å². The summed E-state index contributed by atoms with van der Waals surface area (Å²) in [5.41, 5.74) is 1.21. The summed E-state index contributed by atoms with van der Waals surface area (Å²) in [6.45, 7) is 12.4. The molecule has 2 aliphatic rings. The van der Waals surface area contributed by atoms with E-state index in [0.29, 0.717) is 18.0 Å². The van der Waals surface area contributed by atoms with Crippen molar-refractivity contribution in [2.75, 3.05) is 13.1 Å². The molecule has 20 heavy (non-hydrogen) atoms. The summed E-state index contributed by atoms with van der Waals surface area (Å²) in [5.74, 6) is 1.63. The van der Waals surface area contributed by atoms with Gasteiger partial charge in [0.25, 0.3) is 0 Å². The molecule has 0 spiro atoms. The quantitative estimate of drug-likeness (QED) is 0.925. The maximum absolute atomic E-state index is 4.74. The van der Waals surface area contributed by atoms with E-state index < -0.39 is 0 Å². The van der Waals surface area contributed by atoms with Crippen LogP contribution in [0.15, 0.2) is 0 Å². The zero-order chi connectivity index (χ0) is 14.3. The van der Waals surface area contributed by atoms with Gasteiger partial charge in [-0.25, -0.2) is 4.98 Å². The molecule has 1 aliphatic carbocycles. The zero-order valence-corrected chi connectivity index (χ0v) is 14.0. The molecule has 1 aliphatic heterocycles. The number of hydrogen-bond acceptors (Lipinski definition) is 4. The average molecular weight is 293 g/mol. The van der Waals surface area contributed by atoms with Gasteiger partial charge in [-0.05, 0) is 38.5 Å². The van der Waals surface area contributed by atoms with E-state index in [-0.39, 0.29) is 0 Å². The summed E-state index contributed by atoms with van der Waals surface area (Å²) in [6, 6.07) is 1.36. The van der Waals surface area contributed by atoms with Gasteiger partial charge in [-0.15, -0.1) is 11.3 Å². The van der Waals surface area contributed by atoms with E-state index in [9.17, 15) is 0 Å². The first-order valence-corrected chi connectivity index (χ1v) is 8.76. The number of hydrogen-bond donors (Lipinski definition) is 1. The lowest BCUT2D eigenvalue weighted by Crippen LogP contribution is -2.58. The van der Waals surface area contributed by atoms with Crippen LogP contribution in [-0.2, 0) is 6.54 Å². The zero-order valence-electron chi connectivity index (χ0n) is 13.1. The lowest BCUT2D eigenvalue weighted by Gasteiger charge is -2.42. The van der Waals surface area contributed by atoms with Gasteiger partial charge in [0.1, 0.15) is 5.01 Å². The Morgan fingerprint density at radius 2 is 2.10 bits per heavy atom. The van der Waals surface area contributed by atoms with Crippen molar-refractivity contribution >= 4 is 11.3 Å². The molecular weight excluding hydrogens is 266 g/mol. The molecule has 1 saturated carbocycles. The highest BCUT2D eigenvalue weighted by Gasteiger charge is 2.38. The third-order valence-electron chi connectivity index (χ3n) is 4.86. The van der Waals surface area contributed by atoms with Gasteiger partial charge in [0, 0.05) is 30.1 Å². The van der Waals surface area contributed by atoms with Crippen LogP contribution in [0.25, 0.3) is 0 Å². The molecule has 3 nitrogen and oxygen atoms in total. The van der Waals surface area contributed by atoms with Crippen LogP contribution in [-0.4, -0.2) is 35.1 Å². The number of piperazine rings is 1. The van der Waals surface area contributed by atoms with Crippen molar-refractivity contribution in [1.82, 2.24) is 15.2 Å². The smallest absolute Gasteiger partial charge is 0.107 e. The number of nitrogens with one attached hydrogen (secondary N) is 1. The van der Waals surface area contributed by atoms with E-state index in [1.54, 1.807) is 0 Å². The lowest BCUT2D eigenvalue weighted by molar-refractivity contribution is 0.0851. The first kappa shape index (κ1) is 14.5. The molecule has 2 unspecified atom stereocenters. The number of nitrogens with zero attached hydrogens (tertiary/aromatic N) is 2. The van der Waals surface area contributed by atoms with Crippen LogP contribution in [0.5, 0.6) is 0 Å². The third kappa shape index (κ3) is 3.07. The predicted octanol–water partition coefficient (Wildman–Crippen LogP) is 2.97. The standard InChI is InChI=1S/C16H27N3S/c1-10(2)15-7-17-14(13-5-6-13)8-19(15)9-16-18-11(3)12(4)20-16/h10,13-15,17H,5-9H2,1-4H3. The fraction of sp³-hybridized carbons (Fsp3) is 0.812. The molecule has 2 fully saturated rings. The first-order valence-electron chi connectivity index (χ1n) is 7.95. The van der Waals surface area contributed by atoms with Crippen LogP contribution in [0.1, 0.15) is 42.3 Å².